The van der Waals surface area contributed by atoms with Crippen molar-refractivity contribution in [1.82, 2.24) is 20.2 Å². The van der Waals surface area contributed by atoms with Crippen LogP contribution in [-0.2, 0) is 4.79 Å². The number of fused-ring (bicyclic) bond motifs is 1. The Morgan fingerprint density at radius 1 is 1.00 bits per heavy atom. The van der Waals surface area contributed by atoms with Crippen LogP contribution in [0.15, 0.2) is 54.6 Å². The standard InChI is InChI=1S/C24H25N5O/c1-2-13-25-22(30)18-28-14-8-15-29(17-16-28)24-26-21-12-7-6-11-20(21)23(27-24)19-9-4-3-5-10-19/h1,3-7,9-12H,8,13-18H2,(H,25,30). The second kappa shape index (κ2) is 9.38. The third kappa shape index (κ3) is 4.58. The van der Waals surface area contributed by atoms with Gasteiger partial charge in [0.1, 0.15) is 0 Å². The van der Waals surface area contributed by atoms with Crippen molar-refractivity contribution in [3.05, 3.63) is 54.6 Å². The van der Waals surface area contributed by atoms with Crippen LogP contribution >= 0.6 is 0 Å². The zero-order valence-corrected chi connectivity index (χ0v) is 16.9. The number of nitrogens with zero attached hydrogens (tertiary/aromatic N) is 4. The van der Waals surface area contributed by atoms with Crippen LogP contribution in [0.2, 0.25) is 0 Å². The molecule has 4 rings (SSSR count). The van der Waals surface area contributed by atoms with Crippen LogP contribution in [0.25, 0.3) is 22.2 Å². The predicted molar refractivity (Wildman–Crippen MR) is 120 cm³/mol. The highest BCUT2D eigenvalue weighted by Crippen LogP contribution is 2.28. The van der Waals surface area contributed by atoms with Gasteiger partial charge in [0, 0.05) is 37.1 Å². The number of carbonyl (C=O) groups excluding carboxylic acids is 1. The highest BCUT2D eigenvalue weighted by Gasteiger charge is 2.20. The summed E-state index contributed by atoms with van der Waals surface area (Å²) < 4.78 is 0. The summed E-state index contributed by atoms with van der Waals surface area (Å²) in [5.74, 6) is 3.14. The Morgan fingerprint density at radius 3 is 2.63 bits per heavy atom. The summed E-state index contributed by atoms with van der Waals surface area (Å²) in [5.41, 5.74) is 2.97. The Labute approximate surface area is 176 Å². The number of rotatable bonds is 5. The van der Waals surface area contributed by atoms with E-state index in [9.17, 15) is 4.79 Å². The van der Waals surface area contributed by atoms with Gasteiger partial charge in [-0.15, -0.1) is 6.42 Å². The van der Waals surface area contributed by atoms with E-state index >= 15 is 0 Å². The molecule has 1 aliphatic heterocycles. The molecule has 1 aromatic heterocycles. The molecule has 0 radical (unpaired) electrons. The van der Waals surface area contributed by atoms with Crippen LogP contribution in [0.5, 0.6) is 0 Å². The Kier molecular flexibility index (Phi) is 6.21. The van der Waals surface area contributed by atoms with E-state index in [-0.39, 0.29) is 12.5 Å². The maximum absolute atomic E-state index is 12.0. The smallest absolute Gasteiger partial charge is 0.234 e. The summed E-state index contributed by atoms with van der Waals surface area (Å²) in [6.45, 7) is 3.90. The van der Waals surface area contributed by atoms with Crippen LogP contribution < -0.4 is 10.2 Å². The van der Waals surface area contributed by atoms with Crippen molar-refractivity contribution in [3.63, 3.8) is 0 Å². The first-order valence-corrected chi connectivity index (χ1v) is 10.2. The van der Waals surface area contributed by atoms with Gasteiger partial charge in [0.05, 0.1) is 24.3 Å². The largest absolute Gasteiger partial charge is 0.344 e. The Hall–Kier alpha value is -3.43. The molecule has 0 bridgehead atoms. The average Bonchev–Trinajstić information content (AvgIpc) is 3.03. The van der Waals surface area contributed by atoms with E-state index in [1.807, 2.05) is 36.4 Å². The number of terminal acetylenes is 1. The first-order valence-electron chi connectivity index (χ1n) is 10.2. The Balaban J connectivity index is 1.56. The number of para-hydroxylation sites is 1. The summed E-state index contributed by atoms with van der Waals surface area (Å²) in [6, 6.07) is 18.4. The zero-order chi connectivity index (χ0) is 20.8. The van der Waals surface area contributed by atoms with Crippen molar-refractivity contribution in [2.75, 3.05) is 44.2 Å². The average molecular weight is 399 g/mol. The van der Waals surface area contributed by atoms with Crippen molar-refractivity contribution in [2.45, 2.75) is 6.42 Å². The molecule has 1 N–H and O–H groups in total. The number of hydrogen-bond acceptors (Lipinski definition) is 5. The monoisotopic (exact) mass is 399 g/mol. The fourth-order valence-electron chi connectivity index (χ4n) is 3.76. The van der Waals surface area contributed by atoms with Gasteiger partial charge in [0.15, 0.2) is 0 Å². The van der Waals surface area contributed by atoms with Crippen LogP contribution in [0.4, 0.5) is 5.95 Å². The number of carbonyl (C=O) groups is 1. The number of nitrogens with one attached hydrogen (secondary N) is 1. The molecule has 6 heteroatoms. The molecule has 30 heavy (non-hydrogen) atoms. The highest BCUT2D eigenvalue weighted by atomic mass is 16.2. The molecule has 0 aliphatic carbocycles. The summed E-state index contributed by atoms with van der Waals surface area (Å²) >= 11 is 0. The molecule has 1 saturated heterocycles. The summed E-state index contributed by atoms with van der Waals surface area (Å²) in [4.78, 5) is 26.2. The molecular formula is C24H25N5O. The van der Waals surface area contributed by atoms with Crippen molar-refractivity contribution in [1.29, 1.82) is 0 Å². The lowest BCUT2D eigenvalue weighted by Crippen LogP contribution is -2.39. The predicted octanol–water partition coefficient (Wildman–Crippen LogP) is 2.56. The minimum Gasteiger partial charge on any atom is -0.344 e. The fourth-order valence-corrected chi connectivity index (χ4v) is 3.76. The van der Waals surface area contributed by atoms with Gasteiger partial charge in [-0.05, 0) is 12.5 Å². The molecule has 0 unspecified atom stereocenters. The minimum absolute atomic E-state index is 0.0327. The van der Waals surface area contributed by atoms with Crippen molar-refractivity contribution < 1.29 is 4.79 Å². The molecule has 1 aliphatic rings. The number of hydrogen-bond donors (Lipinski definition) is 1. The van der Waals surface area contributed by atoms with E-state index in [0.717, 1.165) is 60.7 Å². The summed E-state index contributed by atoms with van der Waals surface area (Å²) in [5, 5.41) is 3.78. The van der Waals surface area contributed by atoms with Gasteiger partial charge in [-0.2, -0.15) is 0 Å². The lowest BCUT2D eigenvalue weighted by molar-refractivity contribution is -0.121. The van der Waals surface area contributed by atoms with E-state index in [0.29, 0.717) is 6.54 Å². The number of aromatic nitrogens is 2. The Morgan fingerprint density at radius 2 is 1.80 bits per heavy atom. The molecular weight excluding hydrogens is 374 g/mol. The van der Waals surface area contributed by atoms with E-state index < -0.39 is 0 Å². The van der Waals surface area contributed by atoms with Gasteiger partial charge in [-0.1, -0.05) is 54.5 Å². The van der Waals surface area contributed by atoms with Gasteiger partial charge in [-0.25, -0.2) is 9.97 Å². The molecule has 1 amide bonds. The quantitative estimate of drug-likeness (QED) is 0.668. The van der Waals surface area contributed by atoms with Crippen LogP contribution in [-0.4, -0.2) is 60.0 Å². The lowest BCUT2D eigenvalue weighted by Gasteiger charge is -2.22. The maximum atomic E-state index is 12.0. The Bertz CT molecular complexity index is 1060. The second-order valence-corrected chi connectivity index (χ2v) is 7.35. The molecule has 2 heterocycles. The molecule has 2 aromatic carbocycles. The topological polar surface area (TPSA) is 61.4 Å². The highest BCUT2D eigenvalue weighted by molar-refractivity contribution is 5.93. The van der Waals surface area contributed by atoms with E-state index in [1.54, 1.807) is 0 Å². The minimum atomic E-state index is -0.0327. The van der Waals surface area contributed by atoms with Crippen LogP contribution in [0, 0.1) is 12.3 Å². The number of benzene rings is 2. The number of amides is 1. The van der Waals surface area contributed by atoms with Crippen molar-refractivity contribution in [2.24, 2.45) is 0 Å². The van der Waals surface area contributed by atoms with Gasteiger partial charge < -0.3 is 10.2 Å². The molecule has 6 nitrogen and oxygen atoms in total. The first kappa shape index (κ1) is 19.9. The summed E-state index contributed by atoms with van der Waals surface area (Å²) in [7, 11) is 0. The van der Waals surface area contributed by atoms with E-state index in [2.05, 4.69) is 39.2 Å². The van der Waals surface area contributed by atoms with Crippen molar-refractivity contribution >= 4 is 22.8 Å². The normalized spacial score (nSPS) is 14.8. The van der Waals surface area contributed by atoms with E-state index in [1.165, 1.54) is 0 Å². The second-order valence-electron chi connectivity index (χ2n) is 7.35. The molecule has 152 valence electrons. The van der Waals surface area contributed by atoms with Gasteiger partial charge in [0.2, 0.25) is 11.9 Å². The van der Waals surface area contributed by atoms with Gasteiger partial charge in [-0.3, -0.25) is 9.69 Å². The molecule has 0 atom stereocenters. The first-order chi connectivity index (χ1) is 14.7. The SMILES string of the molecule is C#CCNC(=O)CN1CCCN(c2nc(-c3ccccc3)c3ccccc3n2)CC1. The van der Waals surface area contributed by atoms with Crippen molar-refractivity contribution in [3.8, 4) is 23.6 Å². The maximum Gasteiger partial charge on any atom is 0.234 e. The fraction of sp³-hybridized carbons (Fsp3) is 0.292. The molecule has 3 aromatic rings. The van der Waals surface area contributed by atoms with Gasteiger partial charge in [0.25, 0.3) is 0 Å². The molecule has 0 spiro atoms. The van der Waals surface area contributed by atoms with Gasteiger partial charge >= 0.3 is 0 Å². The zero-order valence-electron chi connectivity index (χ0n) is 16.9. The summed E-state index contributed by atoms with van der Waals surface area (Å²) in [6.07, 6.45) is 6.16. The third-order valence-corrected chi connectivity index (χ3v) is 5.26. The number of anilines is 1. The van der Waals surface area contributed by atoms with Crippen LogP contribution in [0.1, 0.15) is 6.42 Å². The van der Waals surface area contributed by atoms with E-state index in [4.69, 9.17) is 16.4 Å². The third-order valence-electron chi connectivity index (χ3n) is 5.26. The lowest BCUT2D eigenvalue weighted by atomic mass is 10.1. The molecule has 1 fully saturated rings. The molecule has 0 saturated carbocycles. The van der Waals surface area contributed by atoms with Crippen LogP contribution in [0.3, 0.4) is 0 Å².